The third-order valence-corrected chi connectivity index (χ3v) is 4.35. The van der Waals surface area contributed by atoms with E-state index in [2.05, 4.69) is 5.32 Å². The van der Waals surface area contributed by atoms with Crippen LogP contribution in [0.1, 0.15) is 25.7 Å². The van der Waals surface area contributed by atoms with Gasteiger partial charge in [-0.05, 0) is 31.6 Å². The highest BCUT2D eigenvalue weighted by atomic mass is 16.5. The molecule has 0 amide bonds. The maximum Gasteiger partial charge on any atom is 0.107 e. The predicted molar refractivity (Wildman–Crippen MR) is 64.1 cm³/mol. The van der Waals surface area contributed by atoms with E-state index in [0.717, 1.165) is 52.4 Å². The Morgan fingerprint density at radius 2 is 2.18 bits per heavy atom. The summed E-state index contributed by atoms with van der Waals surface area (Å²) in [4.78, 5) is 0. The van der Waals surface area contributed by atoms with Crippen molar-refractivity contribution in [2.75, 3.05) is 39.6 Å². The molecule has 1 spiro atoms. The van der Waals surface area contributed by atoms with Crippen molar-refractivity contribution in [3.05, 3.63) is 0 Å². The lowest BCUT2D eigenvalue weighted by Gasteiger charge is -2.47. The lowest BCUT2D eigenvalue weighted by molar-refractivity contribution is -0.166. The molecular formula is C13H23NO3. The molecule has 0 radical (unpaired) electrons. The molecule has 0 aromatic carbocycles. The van der Waals surface area contributed by atoms with Gasteiger partial charge in [0.15, 0.2) is 0 Å². The quantitative estimate of drug-likeness (QED) is 0.781. The molecule has 0 bridgehead atoms. The van der Waals surface area contributed by atoms with Gasteiger partial charge in [-0.3, -0.25) is 0 Å². The van der Waals surface area contributed by atoms with E-state index in [9.17, 15) is 0 Å². The van der Waals surface area contributed by atoms with E-state index in [1.54, 1.807) is 0 Å². The van der Waals surface area contributed by atoms with Gasteiger partial charge in [0.1, 0.15) is 5.60 Å². The lowest BCUT2D eigenvalue weighted by Crippen LogP contribution is -2.62. The van der Waals surface area contributed by atoms with E-state index >= 15 is 0 Å². The zero-order valence-corrected chi connectivity index (χ0v) is 10.5. The summed E-state index contributed by atoms with van der Waals surface area (Å²) in [5.41, 5.74) is -0.0565. The molecule has 0 saturated carbocycles. The van der Waals surface area contributed by atoms with Crippen LogP contribution < -0.4 is 5.32 Å². The lowest BCUT2D eigenvalue weighted by atomic mass is 9.81. The van der Waals surface area contributed by atoms with Gasteiger partial charge in [0.25, 0.3) is 0 Å². The van der Waals surface area contributed by atoms with Crippen LogP contribution in [-0.4, -0.2) is 51.2 Å². The Morgan fingerprint density at radius 3 is 2.94 bits per heavy atom. The normalized spacial score (nSPS) is 43.1. The molecule has 4 nitrogen and oxygen atoms in total. The largest absolute Gasteiger partial charge is 0.381 e. The van der Waals surface area contributed by atoms with Crippen molar-refractivity contribution in [3.63, 3.8) is 0 Å². The van der Waals surface area contributed by atoms with Crippen LogP contribution in [0.15, 0.2) is 0 Å². The summed E-state index contributed by atoms with van der Waals surface area (Å²) in [7, 11) is 0. The van der Waals surface area contributed by atoms with Crippen LogP contribution in [-0.2, 0) is 14.2 Å². The summed E-state index contributed by atoms with van der Waals surface area (Å²) in [6.07, 6.45) is 4.63. The zero-order valence-electron chi connectivity index (χ0n) is 10.5. The second-order valence-corrected chi connectivity index (χ2v) is 5.54. The van der Waals surface area contributed by atoms with Crippen LogP contribution in [0.5, 0.6) is 0 Å². The van der Waals surface area contributed by atoms with Gasteiger partial charge >= 0.3 is 0 Å². The summed E-state index contributed by atoms with van der Waals surface area (Å²) < 4.78 is 17.2. The van der Waals surface area contributed by atoms with Crippen LogP contribution in [0.3, 0.4) is 0 Å². The molecule has 3 aliphatic rings. The molecule has 1 N–H and O–H groups in total. The van der Waals surface area contributed by atoms with Gasteiger partial charge < -0.3 is 19.5 Å². The van der Waals surface area contributed by atoms with Crippen molar-refractivity contribution in [1.82, 2.24) is 5.32 Å². The fourth-order valence-corrected chi connectivity index (χ4v) is 3.35. The highest BCUT2D eigenvalue weighted by Crippen LogP contribution is 2.33. The van der Waals surface area contributed by atoms with Gasteiger partial charge in [-0.1, -0.05) is 0 Å². The predicted octanol–water partition coefficient (Wildman–Crippen LogP) is 0.951. The van der Waals surface area contributed by atoms with Crippen molar-refractivity contribution in [2.45, 2.75) is 37.3 Å². The fraction of sp³-hybridized carbons (Fsp3) is 1.00. The molecule has 17 heavy (non-hydrogen) atoms. The van der Waals surface area contributed by atoms with E-state index in [4.69, 9.17) is 14.2 Å². The van der Waals surface area contributed by atoms with Gasteiger partial charge in [-0.15, -0.1) is 0 Å². The molecule has 98 valence electrons. The molecular weight excluding hydrogens is 218 g/mol. The highest BCUT2D eigenvalue weighted by molar-refractivity contribution is 4.98. The van der Waals surface area contributed by atoms with Gasteiger partial charge in [0.05, 0.1) is 13.2 Å². The monoisotopic (exact) mass is 241 g/mol. The molecule has 3 aliphatic heterocycles. The Bertz CT molecular complexity index is 239. The maximum absolute atomic E-state index is 6.10. The van der Waals surface area contributed by atoms with Crippen LogP contribution >= 0.6 is 0 Å². The molecule has 4 heteroatoms. The van der Waals surface area contributed by atoms with Crippen molar-refractivity contribution in [2.24, 2.45) is 5.92 Å². The standard InChI is InChI=1S/C13H23NO3/c1-3-13(10-16-5-1)12(14-4-7-17-13)8-11-2-6-15-9-11/h11-12,14H,1-10H2. The number of hydrogen-bond donors (Lipinski definition) is 1. The van der Waals surface area contributed by atoms with Gasteiger partial charge in [0.2, 0.25) is 0 Å². The molecule has 0 aromatic heterocycles. The highest BCUT2D eigenvalue weighted by Gasteiger charge is 2.44. The van der Waals surface area contributed by atoms with E-state index in [1.165, 1.54) is 12.8 Å². The summed E-state index contributed by atoms with van der Waals surface area (Å²) in [6.45, 7) is 5.31. The van der Waals surface area contributed by atoms with E-state index in [-0.39, 0.29) is 5.60 Å². The number of hydrogen-bond acceptors (Lipinski definition) is 4. The summed E-state index contributed by atoms with van der Waals surface area (Å²) in [5, 5.41) is 3.65. The van der Waals surface area contributed by atoms with Crippen molar-refractivity contribution >= 4 is 0 Å². The SMILES string of the molecule is C1COCC2(C1)OCCNC2CC1CCOC1. The molecule has 3 saturated heterocycles. The minimum absolute atomic E-state index is 0.0565. The Kier molecular flexibility index (Phi) is 3.66. The number of morpholine rings is 1. The molecule has 3 rings (SSSR count). The Balaban J connectivity index is 1.65. The van der Waals surface area contributed by atoms with Crippen LogP contribution in [0, 0.1) is 5.92 Å². The molecule has 0 aromatic rings. The third kappa shape index (κ3) is 2.50. The van der Waals surface area contributed by atoms with E-state index in [1.807, 2.05) is 0 Å². The molecule has 0 aliphatic carbocycles. The second kappa shape index (κ2) is 5.22. The topological polar surface area (TPSA) is 39.7 Å². The Hall–Kier alpha value is -0.160. The third-order valence-electron chi connectivity index (χ3n) is 4.35. The zero-order chi connectivity index (χ0) is 11.6. The van der Waals surface area contributed by atoms with Gasteiger partial charge in [-0.25, -0.2) is 0 Å². The van der Waals surface area contributed by atoms with Gasteiger partial charge in [0, 0.05) is 32.4 Å². The minimum Gasteiger partial charge on any atom is -0.381 e. The first-order valence-corrected chi connectivity index (χ1v) is 6.92. The Morgan fingerprint density at radius 1 is 1.18 bits per heavy atom. The Labute approximate surface area is 103 Å². The van der Waals surface area contributed by atoms with Crippen LogP contribution in [0.25, 0.3) is 0 Å². The summed E-state index contributed by atoms with van der Waals surface area (Å²) >= 11 is 0. The van der Waals surface area contributed by atoms with E-state index < -0.39 is 0 Å². The average Bonchev–Trinajstić information content (AvgIpc) is 2.86. The van der Waals surface area contributed by atoms with Crippen molar-refractivity contribution in [1.29, 1.82) is 0 Å². The average molecular weight is 241 g/mol. The van der Waals surface area contributed by atoms with Crippen LogP contribution in [0.4, 0.5) is 0 Å². The first-order chi connectivity index (χ1) is 8.39. The van der Waals surface area contributed by atoms with Crippen molar-refractivity contribution < 1.29 is 14.2 Å². The summed E-state index contributed by atoms with van der Waals surface area (Å²) in [5.74, 6) is 0.702. The fourth-order valence-electron chi connectivity index (χ4n) is 3.35. The van der Waals surface area contributed by atoms with Gasteiger partial charge in [-0.2, -0.15) is 0 Å². The first-order valence-electron chi connectivity index (χ1n) is 6.92. The molecule has 3 unspecified atom stereocenters. The number of ether oxygens (including phenoxy) is 3. The number of nitrogens with one attached hydrogen (secondary N) is 1. The van der Waals surface area contributed by atoms with E-state index in [0.29, 0.717) is 12.0 Å². The molecule has 3 heterocycles. The summed E-state index contributed by atoms with van der Waals surface area (Å²) in [6, 6.07) is 0.447. The smallest absolute Gasteiger partial charge is 0.107 e. The molecule has 3 atom stereocenters. The van der Waals surface area contributed by atoms with Crippen molar-refractivity contribution in [3.8, 4) is 0 Å². The minimum atomic E-state index is -0.0565. The first kappa shape index (κ1) is 11.9. The van der Waals surface area contributed by atoms with Crippen LogP contribution in [0.2, 0.25) is 0 Å². The second-order valence-electron chi connectivity index (χ2n) is 5.54. The molecule has 3 fully saturated rings. The number of rotatable bonds is 2. The maximum atomic E-state index is 6.10.